The van der Waals surface area contributed by atoms with Crippen molar-refractivity contribution in [3.8, 4) is 0 Å². The number of benzene rings is 2. The number of likely N-dealkylation sites (tertiary alicyclic amines) is 1. The molecule has 2 N–H and O–H groups in total. The number of nitrogens with one attached hydrogen (secondary N) is 2. The number of rotatable bonds is 4. The summed E-state index contributed by atoms with van der Waals surface area (Å²) in [6, 6.07) is 16.5. The Balaban J connectivity index is 1.44. The van der Waals surface area contributed by atoms with E-state index in [1.165, 1.54) is 6.92 Å². The SMILES string of the molecule is CC(=O)c1cccc(NC(=O)[C@H]2CCCN(C(=O)c3cc4ccccc4[nH]3)C2)c1. The number of nitrogens with zero attached hydrogens (tertiary/aromatic N) is 1. The second kappa shape index (κ2) is 7.91. The molecule has 0 aliphatic carbocycles. The Morgan fingerprint density at radius 2 is 1.90 bits per heavy atom. The maximum Gasteiger partial charge on any atom is 0.270 e. The van der Waals surface area contributed by atoms with Crippen molar-refractivity contribution in [2.24, 2.45) is 5.92 Å². The van der Waals surface area contributed by atoms with Gasteiger partial charge < -0.3 is 15.2 Å². The fraction of sp³-hybridized carbons (Fsp3) is 0.261. The molecule has 4 rings (SSSR count). The largest absolute Gasteiger partial charge is 0.351 e. The Kier molecular flexibility index (Phi) is 5.16. The number of fused-ring (bicyclic) bond motifs is 1. The first-order valence-electron chi connectivity index (χ1n) is 9.80. The third-order valence-corrected chi connectivity index (χ3v) is 5.38. The van der Waals surface area contributed by atoms with Crippen molar-refractivity contribution in [1.82, 2.24) is 9.88 Å². The van der Waals surface area contributed by atoms with Gasteiger partial charge in [0.25, 0.3) is 5.91 Å². The van der Waals surface area contributed by atoms with Gasteiger partial charge in [-0.2, -0.15) is 0 Å². The molecule has 29 heavy (non-hydrogen) atoms. The van der Waals surface area contributed by atoms with Gasteiger partial charge in [0, 0.05) is 35.2 Å². The van der Waals surface area contributed by atoms with E-state index < -0.39 is 0 Å². The van der Waals surface area contributed by atoms with Crippen LogP contribution in [0.2, 0.25) is 0 Å². The van der Waals surface area contributed by atoms with Crippen molar-refractivity contribution in [3.05, 3.63) is 65.9 Å². The molecule has 1 atom stereocenters. The van der Waals surface area contributed by atoms with Crippen molar-refractivity contribution >= 4 is 34.2 Å². The molecular formula is C23H23N3O3. The first-order chi connectivity index (χ1) is 14.0. The van der Waals surface area contributed by atoms with Crippen molar-refractivity contribution in [3.63, 3.8) is 0 Å². The molecule has 0 radical (unpaired) electrons. The maximum atomic E-state index is 12.9. The van der Waals surface area contributed by atoms with Crippen LogP contribution in [0.3, 0.4) is 0 Å². The highest BCUT2D eigenvalue weighted by molar-refractivity contribution is 5.99. The minimum Gasteiger partial charge on any atom is -0.351 e. The molecule has 1 aliphatic heterocycles. The third kappa shape index (κ3) is 4.06. The zero-order valence-electron chi connectivity index (χ0n) is 16.3. The molecule has 0 saturated carbocycles. The Hall–Kier alpha value is -3.41. The van der Waals surface area contributed by atoms with Gasteiger partial charge in [-0.3, -0.25) is 14.4 Å². The predicted molar refractivity (Wildman–Crippen MR) is 112 cm³/mol. The zero-order chi connectivity index (χ0) is 20.4. The number of piperidine rings is 1. The molecule has 148 valence electrons. The summed E-state index contributed by atoms with van der Waals surface area (Å²) in [7, 11) is 0. The highest BCUT2D eigenvalue weighted by Gasteiger charge is 2.29. The lowest BCUT2D eigenvalue weighted by Crippen LogP contribution is -2.43. The van der Waals surface area contributed by atoms with Gasteiger partial charge in [0.1, 0.15) is 5.69 Å². The van der Waals surface area contributed by atoms with Crippen molar-refractivity contribution in [2.45, 2.75) is 19.8 Å². The molecule has 1 fully saturated rings. The first kappa shape index (κ1) is 18.9. The van der Waals surface area contributed by atoms with E-state index in [0.717, 1.165) is 23.7 Å². The summed E-state index contributed by atoms with van der Waals surface area (Å²) in [5, 5.41) is 3.88. The topological polar surface area (TPSA) is 82.3 Å². The number of carbonyl (C=O) groups excluding carboxylic acids is 3. The second-order valence-corrected chi connectivity index (χ2v) is 7.49. The third-order valence-electron chi connectivity index (χ3n) is 5.38. The van der Waals surface area contributed by atoms with Gasteiger partial charge in [-0.05, 0) is 44.0 Å². The van der Waals surface area contributed by atoms with Gasteiger partial charge in [0.15, 0.2) is 5.78 Å². The molecule has 0 unspecified atom stereocenters. The van der Waals surface area contributed by atoms with Crippen molar-refractivity contribution < 1.29 is 14.4 Å². The number of amides is 2. The van der Waals surface area contributed by atoms with E-state index in [2.05, 4.69) is 10.3 Å². The molecule has 6 nitrogen and oxygen atoms in total. The lowest BCUT2D eigenvalue weighted by molar-refractivity contribution is -0.121. The quantitative estimate of drug-likeness (QED) is 0.665. The summed E-state index contributed by atoms with van der Waals surface area (Å²) in [6.45, 7) is 2.51. The lowest BCUT2D eigenvalue weighted by atomic mass is 9.96. The molecule has 2 aromatic carbocycles. The summed E-state index contributed by atoms with van der Waals surface area (Å²) < 4.78 is 0. The van der Waals surface area contributed by atoms with E-state index in [-0.39, 0.29) is 23.5 Å². The van der Waals surface area contributed by atoms with Crippen LogP contribution in [0.1, 0.15) is 40.6 Å². The van der Waals surface area contributed by atoms with Gasteiger partial charge in [0.2, 0.25) is 5.91 Å². The molecule has 0 bridgehead atoms. The molecule has 6 heteroatoms. The van der Waals surface area contributed by atoms with E-state index in [1.807, 2.05) is 30.3 Å². The number of aromatic amines is 1. The first-order valence-corrected chi connectivity index (χ1v) is 9.80. The molecule has 1 aliphatic rings. The number of hydrogen-bond acceptors (Lipinski definition) is 3. The molecule has 2 amide bonds. The van der Waals surface area contributed by atoms with Crippen LogP contribution in [0, 0.1) is 5.92 Å². The number of Topliss-reactive ketones (excluding diaryl/α,β-unsaturated/α-hetero) is 1. The van der Waals surface area contributed by atoms with Gasteiger partial charge in [-0.1, -0.05) is 30.3 Å². The normalized spacial score (nSPS) is 16.6. The summed E-state index contributed by atoms with van der Waals surface area (Å²) in [5.41, 5.74) is 2.62. The van der Waals surface area contributed by atoms with Crippen LogP contribution in [0.15, 0.2) is 54.6 Å². The highest BCUT2D eigenvalue weighted by atomic mass is 16.2. The van der Waals surface area contributed by atoms with Crippen LogP contribution in [0.5, 0.6) is 0 Å². The van der Waals surface area contributed by atoms with Crippen LogP contribution in [0.25, 0.3) is 10.9 Å². The summed E-state index contributed by atoms with van der Waals surface area (Å²) in [4.78, 5) is 42.1. The number of anilines is 1. The average Bonchev–Trinajstić information content (AvgIpc) is 3.17. The van der Waals surface area contributed by atoms with E-state index in [4.69, 9.17) is 0 Å². The minimum absolute atomic E-state index is 0.0473. The van der Waals surface area contributed by atoms with Gasteiger partial charge in [-0.15, -0.1) is 0 Å². The van der Waals surface area contributed by atoms with Crippen LogP contribution in [-0.4, -0.2) is 40.6 Å². The number of hydrogen-bond donors (Lipinski definition) is 2. The lowest BCUT2D eigenvalue weighted by Gasteiger charge is -2.31. The average molecular weight is 389 g/mol. The number of para-hydroxylation sites is 1. The Bertz CT molecular complexity index is 1050. The van der Waals surface area contributed by atoms with Crippen LogP contribution in [-0.2, 0) is 4.79 Å². The number of carbonyl (C=O) groups is 3. The minimum atomic E-state index is -0.280. The molecule has 1 aromatic heterocycles. The monoisotopic (exact) mass is 389 g/mol. The van der Waals surface area contributed by atoms with Crippen LogP contribution >= 0.6 is 0 Å². The fourth-order valence-corrected chi connectivity index (χ4v) is 3.79. The summed E-state index contributed by atoms with van der Waals surface area (Å²) in [6.07, 6.45) is 1.51. The van der Waals surface area contributed by atoms with E-state index in [9.17, 15) is 14.4 Å². The van der Waals surface area contributed by atoms with Crippen molar-refractivity contribution in [1.29, 1.82) is 0 Å². The van der Waals surface area contributed by atoms with E-state index in [1.54, 1.807) is 29.2 Å². The Morgan fingerprint density at radius 1 is 1.07 bits per heavy atom. The molecular weight excluding hydrogens is 366 g/mol. The van der Waals surface area contributed by atoms with Crippen molar-refractivity contribution in [2.75, 3.05) is 18.4 Å². The molecule has 0 spiro atoms. The Labute approximate surface area is 168 Å². The van der Waals surface area contributed by atoms with E-state index >= 15 is 0 Å². The highest BCUT2D eigenvalue weighted by Crippen LogP contribution is 2.22. The predicted octanol–water partition coefficient (Wildman–Crippen LogP) is 3.86. The smallest absolute Gasteiger partial charge is 0.270 e. The molecule has 3 aromatic rings. The zero-order valence-corrected chi connectivity index (χ0v) is 16.3. The number of aromatic nitrogens is 1. The standard InChI is InChI=1S/C23H23N3O3/c1-15(27)16-7-4-9-19(12-16)24-22(28)18-8-5-11-26(14-18)23(29)21-13-17-6-2-3-10-20(17)25-21/h2-4,6-7,9-10,12-13,18,25H,5,8,11,14H2,1H3,(H,24,28)/t18-/m0/s1. The second-order valence-electron chi connectivity index (χ2n) is 7.49. The maximum absolute atomic E-state index is 12.9. The Morgan fingerprint density at radius 3 is 2.69 bits per heavy atom. The summed E-state index contributed by atoms with van der Waals surface area (Å²) >= 11 is 0. The molecule has 1 saturated heterocycles. The van der Waals surface area contributed by atoms with Gasteiger partial charge in [-0.25, -0.2) is 0 Å². The van der Waals surface area contributed by atoms with E-state index in [0.29, 0.717) is 30.0 Å². The van der Waals surface area contributed by atoms with Gasteiger partial charge >= 0.3 is 0 Å². The fourth-order valence-electron chi connectivity index (χ4n) is 3.79. The number of H-pyrrole nitrogens is 1. The van der Waals surface area contributed by atoms with Crippen LogP contribution in [0.4, 0.5) is 5.69 Å². The molecule has 2 heterocycles. The van der Waals surface area contributed by atoms with Crippen LogP contribution < -0.4 is 5.32 Å². The van der Waals surface area contributed by atoms with Gasteiger partial charge in [0.05, 0.1) is 5.92 Å². The number of ketones is 1. The summed E-state index contributed by atoms with van der Waals surface area (Å²) in [5.74, 6) is -0.538.